The van der Waals surface area contributed by atoms with E-state index >= 15 is 4.39 Å². The molecule has 0 unspecified atom stereocenters. The zero-order valence-corrected chi connectivity index (χ0v) is 27.1. The Kier molecular flexibility index (Phi) is 9.49. The summed E-state index contributed by atoms with van der Waals surface area (Å²) in [5.41, 5.74) is -0.0357. The van der Waals surface area contributed by atoms with Crippen molar-refractivity contribution in [3.63, 3.8) is 0 Å². The van der Waals surface area contributed by atoms with Crippen LogP contribution in [0.2, 0.25) is 5.02 Å². The fourth-order valence-electron chi connectivity index (χ4n) is 6.05. The van der Waals surface area contributed by atoms with Crippen molar-refractivity contribution in [2.75, 3.05) is 44.8 Å². The number of benzene rings is 1. The number of anilines is 1. The largest absolute Gasteiger partial charge is 0.397 e. The second-order valence-electron chi connectivity index (χ2n) is 12.6. The summed E-state index contributed by atoms with van der Waals surface area (Å²) in [5.74, 6) is -0.919. The number of methoxy groups -OCH3 is 1. The summed E-state index contributed by atoms with van der Waals surface area (Å²) in [6.07, 6.45) is -2.62. The Balaban J connectivity index is 1.74. The van der Waals surface area contributed by atoms with Gasteiger partial charge >= 0.3 is 16.6 Å². The van der Waals surface area contributed by atoms with E-state index in [0.717, 1.165) is 13.1 Å². The van der Waals surface area contributed by atoms with E-state index in [2.05, 4.69) is 19.0 Å². The van der Waals surface area contributed by atoms with Gasteiger partial charge in [0, 0.05) is 62.2 Å². The van der Waals surface area contributed by atoms with E-state index in [1.807, 2.05) is 0 Å². The van der Waals surface area contributed by atoms with Crippen molar-refractivity contribution in [2.45, 2.75) is 64.9 Å². The summed E-state index contributed by atoms with van der Waals surface area (Å²) in [5, 5.41) is -0.278. The number of ether oxygens (including phenoxy) is 1. The molecule has 3 heterocycles. The monoisotopic (exact) mass is 676 g/mol. The number of rotatable bonds is 11. The van der Waals surface area contributed by atoms with Gasteiger partial charge in [0.2, 0.25) is 0 Å². The van der Waals surface area contributed by atoms with Crippen molar-refractivity contribution in [1.82, 2.24) is 14.5 Å². The zero-order valence-electron chi connectivity index (χ0n) is 25.5. The summed E-state index contributed by atoms with van der Waals surface area (Å²) >= 11 is 6.17. The fourth-order valence-corrected chi connectivity index (χ4v) is 6.67. The van der Waals surface area contributed by atoms with Crippen molar-refractivity contribution in [3.05, 3.63) is 46.5 Å². The van der Waals surface area contributed by atoms with E-state index in [0.29, 0.717) is 36.1 Å². The molecule has 5 rings (SSSR count). The number of alkyl halides is 3. The van der Waals surface area contributed by atoms with Crippen LogP contribution in [0.1, 0.15) is 51.0 Å². The number of piperazine rings is 1. The van der Waals surface area contributed by atoms with E-state index in [9.17, 15) is 26.1 Å². The second kappa shape index (κ2) is 12.6. The minimum atomic E-state index is -4.82. The number of hydrogen-bond acceptors (Lipinski definition) is 7. The first kappa shape index (κ1) is 33.9. The van der Waals surface area contributed by atoms with E-state index in [1.165, 1.54) is 36.7 Å². The van der Waals surface area contributed by atoms with Crippen molar-refractivity contribution >= 4 is 38.6 Å². The summed E-state index contributed by atoms with van der Waals surface area (Å²) in [6.45, 7) is 7.28. The van der Waals surface area contributed by atoms with Crippen LogP contribution in [-0.4, -0.2) is 79.5 Å². The molecule has 0 spiro atoms. The highest BCUT2D eigenvalue weighted by atomic mass is 35.5. The third kappa shape index (κ3) is 7.74. The van der Waals surface area contributed by atoms with E-state index in [4.69, 9.17) is 16.3 Å². The summed E-state index contributed by atoms with van der Waals surface area (Å²) in [4.78, 5) is 9.26. The SMILES string of the molecule is CO[C@@H](C)c1ncc(N2CCN(C3CC3)CC2)cc1-c1c(CC(F)(F)F)c2ccc(Cl)c(F)c2n1CC(C)(C)COS(=O)(=O)O. The van der Waals surface area contributed by atoms with Gasteiger partial charge in [-0.3, -0.25) is 14.4 Å². The molecule has 0 radical (unpaired) electrons. The first-order chi connectivity index (χ1) is 21.0. The molecule has 45 heavy (non-hydrogen) atoms. The van der Waals surface area contributed by atoms with Crippen LogP contribution < -0.4 is 4.90 Å². The topological polar surface area (TPSA) is 97.1 Å². The highest BCUT2D eigenvalue weighted by Crippen LogP contribution is 2.44. The van der Waals surface area contributed by atoms with Crippen molar-refractivity contribution in [3.8, 4) is 11.3 Å². The lowest BCUT2D eigenvalue weighted by atomic mass is 9.94. The fraction of sp³-hybridized carbons (Fsp3) is 0.567. The highest BCUT2D eigenvalue weighted by Gasteiger charge is 2.37. The summed E-state index contributed by atoms with van der Waals surface area (Å²) < 4.78 is 102. The van der Waals surface area contributed by atoms with Gasteiger partial charge in [-0.25, -0.2) is 8.57 Å². The number of hydrogen-bond donors (Lipinski definition) is 1. The van der Waals surface area contributed by atoms with Crippen LogP contribution in [0.5, 0.6) is 0 Å². The lowest BCUT2D eigenvalue weighted by molar-refractivity contribution is -0.126. The predicted molar refractivity (Wildman–Crippen MR) is 163 cm³/mol. The Morgan fingerprint density at radius 1 is 1.16 bits per heavy atom. The van der Waals surface area contributed by atoms with Crippen LogP contribution in [0, 0.1) is 11.2 Å². The molecule has 1 saturated carbocycles. The van der Waals surface area contributed by atoms with E-state index < -0.39 is 46.9 Å². The number of pyridine rings is 1. The molecule has 1 atom stereocenters. The zero-order chi connectivity index (χ0) is 32.9. The quantitative estimate of drug-likeness (QED) is 0.183. The molecule has 2 fully saturated rings. The Labute approximate surface area is 265 Å². The third-order valence-corrected chi connectivity index (χ3v) is 9.13. The molecule has 2 aliphatic rings. The Morgan fingerprint density at radius 2 is 1.82 bits per heavy atom. The Morgan fingerprint density at radius 3 is 2.40 bits per heavy atom. The van der Waals surface area contributed by atoms with Gasteiger partial charge in [0.05, 0.1) is 52.9 Å². The maximum atomic E-state index is 15.9. The Hall–Kier alpha value is -2.49. The molecular weight excluding hydrogens is 640 g/mol. The van der Waals surface area contributed by atoms with Gasteiger partial charge in [-0.15, -0.1) is 0 Å². The molecule has 15 heteroatoms. The van der Waals surface area contributed by atoms with Crippen LogP contribution in [-0.2, 0) is 32.3 Å². The number of halogens is 5. The maximum Gasteiger partial charge on any atom is 0.397 e. The van der Waals surface area contributed by atoms with Gasteiger partial charge in [0.15, 0.2) is 5.82 Å². The van der Waals surface area contributed by atoms with Crippen LogP contribution >= 0.6 is 11.6 Å². The van der Waals surface area contributed by atoms with Crippen molar-refractivity contribution < 1.29 is 39.5 Å². The average Bonchev–Trinajstić information content (AvgIpc) is 3.77. The van der Waals surface area contributed by atoms with Gasteiger partial charge in [-0.05, 0) is 37.5 Å². The molecule has 1 saturated heterocycles. The second-order valence-corrected chi connectivity index (χ2v) is 14.1. The van der Waals surface area contributed by atoms with Crippen molar-refractivity contribution in [2.24, 2.45) is 5.41 Å². The Bertz CT molecular complexity index is 1670. The molecule has 0 bridgehead atoms. The lowest BCUT2D eigenvalue weighted by Crippen LogP contribution is -2.47. The average molecular weight is 677 g/mol. The number of fused-ring (bicyclic) bond motifs is 1. The van der Waals surface area contributed by atoms with Gasteiger partial charge in [-0.2, -0.15) is 21.6 Å². The lowest BCUT2D eigenvalue weighted by Gasteiger charge is -2.36. The van der Waals surface area contributed by atoms with Gasteiger partial charge in [0.1, 0.15) is 0 Å². The molecule has 1 N–H and O–H groups in total. The molecule has 0 amide bonds. The van der Waals surface area contributed by atoms with Gasteiger partial charge < -0.3 is 14.2 Å². The normalized spacial score (nSPS) is 17.8. The molecular formula is C30H37ClF4N4O5S. The van der Waals surface area contributed by atoms with E-state index in [1.54, 1.807) is 33.0 Å². The predicted octanol–water partition coefficient (Wildman–Crippen LogP) is 6.44. The molecule has 1 aliphatic heterocycles. The molecule has 2 aromatic heterocycles. The van der Waals surface area contributed by atoms with Crippen LogP contribution in [0.3, 0.4) is 0 Å². The first-order valence-corrected chi connectivity index (χ1v) is 16.4. The molecule has 3 aromatic rings. The third-order valence-electron chi connectivity index (χ3n) is 8.42. The van der Waals surface area contributed by atoms with E-state index in [-0.39, 0.29) is 33.7 Å². The van der Waals surface area contributed by atoms with Crippen LogP contribution in [0.4, 0.5) is 23.2 Å². The minimum Gasteiger partial charge on any atom is -0.375 e. The number of aromatic nitrogens is 2. The van der Waals surface area contributed by atoms with Gasteiger partial charge in [0.25, 0.3) is 0 Å². The molecule has 9 nitrogen and oxygen atoms in total. The smallest absolute Gasteiger partial charge is 0.375 e. The first-order valence-electron chi connectivity index (χ1n) is 14.7. The molecule has 248 valence electrons. The van der Waals surface area contributed by atoms with Crippen LogP contribution in [0.25, 0.3) is 22.2 Å². The molecule has 1 aliphatic carbocycles. The van der Waals surface area contributed by atoms with Gasteiger partial charge in [-0.1, -0.05) is 31.5 Å². The summed E-state index contributed by atoms with van der Waals surface area (Å²) in [6, 6.07) is 4.96. The highest BCUT2D eigenvalue weighted by molar-refractivity contribution is 7.80. The maximum absolute atomic E-state index is 15.9. The summed E-state index contributed by atoms with van der Waals surface area (Å²) in [7, 11) is -3.36. The number of nitrogens with zero attached hydrogens (tertiary/aromatic N) is 4. The molecule has 1 aromatic carbocycles. The standard InChI is InChI=1S/C30H37ClF4N4O5S/c1-18(43-4)26-22(13-20(15-36-26)38-11-9-37(10-12-38)19-5-6-19)27-23(14-30(33,34)35)21-7-8-24(31)25(32)28(21)39(27)16-29(2,3)17-44-45(40,41)42/h7-8,13,15,18-19H,5-6,9-12,14,16-17H2,1-4H3,(H,40,41,42)/t18-/m0/s1. The van der Waals surface area contributed by atoms with Crippen molar-refractivity contribution in [1.29, 1.82) is 0 Å². The minimum absolute atomic E-state index is 0.00944. The van der Waals surface area contributed by atoms with Crippen LogP contribution in [0.15, 0.2) is 24.4 Å².